The summed E-state index contributed by atoms with van der Waals surface area (Å²) in [5.74, 6) is -1.19. The van der Waals surface area contributed by atoms with Crippen LogP contribution in [0.4, 0.5) is 8.78 Å². The van der Waals surface area contributed by atoms with Crippen molar-refractivity contribution in [2.24, 2.45) is 0 Å². The summed E-state index contributed by atoms with van der Waals surface area (Å²) in [6.45, 7) is 1.31. The van der Waals surface area contributed by atoms with Gasteiger partial charge in [-0.15, -0.1) is 0 Å². The number of rotatable bonds is 6. The molecule has 3 aromatic rings. The minimum atomic E-state index is -0.640. The molecule has 0 saturated carbocycles. The van der Waals surface area contributed by atoms with E-state index in [0.717, 1.165) is 0 Å². The van der Waals surface area contributed by atoms with E-state index in [2.05, 4.69) is 0 Å². The van der Waals surface area contributed by atoms with Gasteiger partial charge in [0.1, 0.15) is 47.7 Å². The van der Waals surface area contributed by atoms with Gasteiger partial charge in [-0.3, -0.25) is 4.79 Å². The van der Waals surface area contributed by atoms with Crippen LogP contribution in [0, 0.1) is 11.6 Å². The van der Waals surface area contributed by atoms with Crippen molar-refractivity contribution < 1.29 is 32.6 Å². The number of benzene rings is 3. The lowest BCUT2D eigenvalue weighted by Gasteiger charge is -2.19. The van der Waals surface area contributed by atoms with Crippen LogP contribution in [0.25, 0.3) is 6.08 Å². The molecule has 9 heteroatoms. The van der Waals surface area contributed by atoms with Crippen molar-refractivity contribution in [3.63, 3.8) is 0 Å². The fourth-order valence-electron chi connectivity index (χ4n) is 4.44. The fraction of sp³-hybridized carbons (Fsp3) is 0.312. The Morgan fingerprint density at radius 2 is 1.54 bits per heavy atom. The molecule has 0 fully saturated rings. The van der Waals surface area contributed by atoms with Crippen LogP contribution in [-0.4, -0.2) is 17.9 Å². The van der Waals surface area contributed by atoms with E-state index in [4.69, 9.17) is 37.4 Å². The molecule has 0 saturated heterocycles. The molecule has 0 amide bonds. The lowest BCUT2D eigenvalue weighted by atomic mass is 10.0. The van der Waals surface area contributed by atoms with Crippen LogP contribution in [0.15, 0.2) is 54.6 Å². The standard InChI is InChI=1S/C32H30Cl2F2O5/c1-20-8-5-11-22(37)10-4-2-3-9-21-16-23(39-18-24-26(33)12-6-14-28(24)35)17-30(31(21)32(38)41-20)40-19-25-27(34)13-7-15-29(25)36/h3,6-7,9,12-17,20H,2,4-5,8,10-11,18-19H2,1H3/b9-3-/t20-/m0/s1. The van der Waals surface area contributed by atoms with Gasteiger partial charge >= 0.3 is 5.97 Å². The first-order valence-electron chi connectivity index (χ1n) is 13.4. The van der Waals surface area contributed by atoms with Gasteiger partial charge in [0.15, 0.2) is 0 Å². The summed E-state index contributed by atoms with van der Waals surface area (Å²) in [4.78, 5) is 25.6. The Bertz CT molecular complexity index is 1400. The molecule has 1 atom stereocenters. The molecular formula is C32H30Cl2F2O5. The number of fused-ring (bicyclic) bond motifs is 1. The van der Waals surface area contributed by atoms with Gasteiger partial charge in [0.25, 0.3) is 0 Å². The molecule has 0 aromatic heterocycles. The first kappa shape index (κ1) is 30.5. The van der Waals surface area contributed by atoms with E-state index in [9.17, 15) is 18.4 Å². The summed E-state index contributed by atoms with van der Waals surface area (Å²) in [5, 5.41) is 0.384. The van der Waals surface area contributed by atoms with E-state index in [1.54, 1.807) is 31.2 Å². The first-order valence-corrected chi connectivity index (χ1v) is 14.2. The largest absolute Gasteiger partial charge is 0.489 e. The number of carbonyl (C=O) groups excluding carboxylic acids is 2. The Kier molecular flexibility index (Phi) is 10.8. The average molecular weight is 603 g/mol. The SMILES string of the molecule is C[C@H]1CCCC(=O)CCC/C=C\c2cc(OCc3c(F)cccc3Cl)cc(OCc3c(F)cccc3Cl)c2C(=O)O1. The van der Waals surface area contributed by atoms with Crippen LogP contribution in [0.2, 0.25) is 10.0 Å². The van der Waals surface area contributed by atoms with E-state index in [0.29, 0.717) is 44.1 Å². The van der Waals surface area contributed by atoms with Crippen molar-refractivity contribution in [3.05, 3.63) is 98.5 Å². The molecule has 1 aliphatic heterocycles. The summed E-state index contributed by atoms with van der Waals surface area (Å²) >= 11 is 12.4. The molecule has 0 N–H and O–H groups in total. The van der Waals surface area contributed by atoms with Crippen molar-refractivity contribution in [2.75, 3.05) is 0 Å². The third-order valence-corrected chi connectivity index (χ3v) is 7.40. The maximum absolute atomic E-state index is 14.5. The number of carbonyl (C=O) groups is 2. The van der Waals surface area contributed by atoms with Crippen LogP contribution in [0.3, 0.4) is 0 Å². The number of ether oxygens (including phenoxy) is 3. The minimum Gasteiger partial charge on any atom is -0.489 e. The minimum absolute atomic E-state index is 0.0839. The Morgan fingerprint density at radius 1 is 0.902 bits per heavy atom. The van der Waals surface area contributed by atoms with E-state index in [1.165, 1.54) is 30.3 Å². The summed E-state index contributed by atoms with van der Waals surface area (Å²) in [5.41, 5.74) is 0.848. The third kappa shape index (κ3) is 8.30. The molecule has 0 radical (unpaired) electrons. The van der Waals surface area contributed by atoms with Crippen LogP contribution in [0.1, 0.15) is 72.5 Å². The number of allylic oxidation sites excluding steroid dienone is 1. The molecular weight excluding hydrogens is 573 g/mol. The molecule has 5 nitrogen and oxygen atoms in total. The summed E-state index contributed by atoms with van der Waals surface area (Å²) < 4.78 is 46.5. The predicted octanol–water partition coefficient (Wildman–Crippen LogP) is 8.91. The first-order chi connectivity index (χ1) is 19.7. The highest BCUT2D eigenvalue weighted by Gasteiger charge is 2.24. The molecule has 1 aliphatic rings. The highest BCUT2D eigenvalue weighted by atomic mass is 35.5. The van der Waals surface area contributed by atoms with Gasteiger partial charge in [0, 0.05) is 30.0 Å². The van der Waals surface area contributed by atoms with E-state index >= 15 is 0 Å². The van der Waals surface area contributed by atoms with Gasteiger partial charge < -0.3 is 14.2 Å². The molecule has 0 aliphatic carbocycles. The highest BCUT2D eigenvalue weighted by Crippen LogP contribution is 2.34. The van der Waals surface area contributed by atoms with Gasteiger partial charge in [-0.05, 0) is 68.5 Å². The zero-order valence-corrected chi connectivity index (χ0v) is 24.1. The second-order valence-corrected chi connectivity index (χ2v) is 10.6. The summed E-state index contributed by atoms with van der Waals surface area (Å²) in [7, 11) is 0. The molecule has 216 valence electrons. The van der Waals surface area contributed by atoms with Crippen molar-refractivity contribution in [2.45, 2.75) is 64.8 Å². The fourth-order valence-corrected chi connectivity index (χ4v) is 4.88. The second-order valence-electron chi connectivity index (χ2n) is 9.80. The van der Waals surface area contributed by atoms with Crippen molar-refractivity contribution in [3.8, 4) is 11.5 Å². The monoisotopic (exact) mass is 602 g/mol. The number of esters is 1. The number of cyclic esters (lactones) is 1. The molecule has 4 rings (SSSR count). The van der Waals surface area contributed by atoms with E-state index in [1.807, 2.05) is 6.08 Å². The summed E-state index contributed by atoms with van der Waals surface area (Å²) in [6, 6.07) is 11.7. The van der Waals surface area contributed by atoms with Crippen molar-refractivity contribution in [1.29, 1.82) is 0 Å². The van der Waals surface area contributed by atoms with Crippen molar-refractivity contribution >= 4 is 41.0 Å². The lowest BCUT2D eigenvalue weighted by Crippen LogP contribution is -2.18. The number of halogens is 4. The molecule has 0 unspecified atom stereocenters. The van der Waals surface area contributed by atoms with Crippen LogP contribution in [-0.2, 0) is 22.7 Å². The zero-order valence-electron chi connectivity index (χ0n) is 22.6. The van der Waals surface area contributed by atoms with Gasteiger partial charge in [0.05, 0.1) is 16.1 Å². The third-order valence-electron chi connectivity index (χ3n) is 6.69. The smallest absolute Gasteiger partial charge is 0.342 e. The average Bonchev–Trinajstić information content (AvgIpc) is 2.91. The Balaban J connectivity index is 1.74. The Labute approximate surface area is 248 Å². The van der Waals surface area contributed by atoms with Crippen LogP contribution >= 0.6 is 23.2 Å². The van der Waals surface area contributed by atoms with Crippen molar-refractivity contribution in [1.82, 2.24) is 0 Å². The van der Waals surface area contributed by atoms with Gasteiger partial charge in [0.2, 0.25) is 0 Å². The van der Waals surface area contributed by atoms with Crippen LogP contribution in [0.5, 0.6) is 11.5 Å². The Hall–Kier alpha value is -3.42. The quantitative estimate of drug-likeness (QED) is 0.264. The summed E-state index contributed by atoms with van der Waals surface area (Å²) in [6.07, 6.45) is 6.43. The lowest BCUT2D eigenvalue weighted by molar-refractivity contribution is -0.119. The number of ketones is 1. The maximum atomic E-state index is 14.5. The van der Waals surface area contributed by atoms with Crippen LogP contribution < -0.4 is 9.47 Å². The maximum Gasteiger partial charge on any atom is 0.342 e. The zero-order chi connectivity index (χ0) is 29.4. The van der Waals surface area contributed by atoms with Gasteiger partial charge in [-0.2, -0.15) is 0 Å². The normalized spacial score (nSPS) is 17.2. The number of Topliss-reactive ketones (excluding diaryl/α,β-unsaturated/α-hetero) is 1. The second kappa shape index (κ2) is 14.5. The predicted molar refractivity (Wildman–Crippen MR) is 155 cm³/mol. The van der Waals surface area contributed by atoms with Gasteiger partial charge in [-0.25, -0.2) is 13.6 Å². The van der Waals surface area contributed by atoms with Gasteiger partial charge in [-0.1, -0.05) is 47.5 Å². The molecule has 0 bridgehead atoms. The topological polar surface area (TPSA) is 61.8 Å². The number of hydrogen-bond acceptors (Lipinski definition) is 5. The Morgan fingerprint density at radius 3 is 2.20 bits per heavy atom. The van der Waals surface area contributed by atoms with E-state index < -0.39 is 23.7 Å². The number of hydrogen-bond donors (Lipinski definition) is 0. The molecule has 41 heavy (non-hydrogen) atoms. The highest BCUT2D eigenvalue weighted by molar-refractivity contribution is 6.31. The molecule has 0 spiro atoms. The van der Waals surface area contributed by atoms with E-state index in [-0.39, 0.29) is 57.2 Å². The molecule has 3 aromatic carbocycles. The molecule has 1 heterocycles.